The molecule has 0 N–H and O–H groups in total. The zero-order valence-corrected chi connectivity index (χ0v) is 11.1. The third-order valence-electron chi connectivity index (χ3n) is 6.13. The van der Waals surface area contributed by atoms with E-state index in [9.17, 15) is 0 Å². The lowest BCUT2D eigenvalue weighted by atomic mass is 9.54. The molecule has 0 amide bonds. The van der Waals surface area contributed by atoms with E-state index in [1.54, 1.807) is 32.1 Å². The highest BCUT2D eigenvalue weighted by atomic mass is 14.5. The van der Waals surface area contributed by atoms with Crippen LogP contribution < -0.4 is 0 Å². The molecule has 0 radical (unpaired) electrons. The van der Waals surface area contributed by atoms with Gasteiger partial charge in [0.2, 0.25) is 0 Å². The van der Waals surface area contributed by atoms with Crippen molar-refractivity contribution in [2.45, 2.75) is 65.2 Å². The van der Waals surface area contributed by atoms with Crippen LogP contribution in [0.15, 0.2) is 0 Å². The molecule has 16 heavy (non-hydrogen) atoms. The van der Waals surface area contributed by atoms with Crippen molar-refractivity contribution in [2.24, 2.45) is 35.5 Å². The molecule has 0 heterocycles. The Morgan fingerprint density at radius 3 is 2.25 bits per heavy atom. The molecule has 0 aromatic carbocycles. The van der Waals surface area contributed by atoms with E-state index in [0.717, 1.165) is 35.5 Å². The lowest BCUT2D eigenvalue weighted by molar-refractivity contribution is -0.0188. The molecular formula is C16H28. The van der Waals surface area contributed by atoms with Crippen LogP contribution in [0.2, 0.25) is 0 Å². The van der Waals surface area contributed by atoms with E-state index >= 15 is 0 Å². The summed E-state index contributed by atoms with van der Waals surface area (Å²) < 4.78 is 0. The van der Waals surface area contributed by atoms with Crippen molar-refractivity contribution >= 4 is 0 Å². The monoisotopic (exact) mass is 220 g/mol. The molecule has 3 aliphatic carbocycles. The summed E-state index contributed by atoms with van der Waals surface area (Å²) in [6, 6.07) is 0. The van der Waals surface area contributed by atoms with Gasteiger partial charge in [0.05, 0.1) is 0 Å². The van der Waals surface area contributed by atoms with Crippen molar-refractivity contribution in [2.75, 3.05) is 0 Å². The van der Waals surface area contributed by atoms with Gasteiger partial charge in [0.15, 0.2) is 0 Å². The van der Waals surface area contributed by atoms with E-state index < -0.39 is 0 Å². The van der Waals surface area contributed by atoms with Gasteiger partial charge in [-0.25, -0.2) is 0 Å². The Hall–Kier alpha value is 0. The quantitative estimate of drug-likeness (QED) is 0.545. The molecule has 6 atom stereocenters. The highest BCUT2D eigenvalue weighted by Gasteiger charge is 2.44. The first-order chi connectivity index (χ1) is 7.75. The molecule has 0 saturated heterocycles. The van der Waals surface area contributed by atoms with Gasteiger partial charge >= 0.3 is 0 Å². The smallest absolute Gasteiger partial charge is 0.0352 e. The first-order valence-electron chi connectivity index (χ1n) is 7.75. The topological polar surface area (TPSA) is 0 Å². The Bertz CT molecular complexity index is 244. The lowest BCUT2D eigenvalue weighted by Crippen LogP contribution is -2.43. The third kappa shape index (κ3) is 1.83. The van der Waals surface area contributed by atoms with Crippen molar-refractivity contribution in [3.63, 3.8) is 0 Å². The van der Waals surface area contributed by atoms with Crippen LogP contribution in [0.1, 0.15) is 65.2 Å². The molecule has 0 aromatic rings. The normalized spacial score (nSPS) is 52.9. The van der Waals surface area contributed by atoms with Crippen LogP contribution in [0, 0.1) is 35.5 Å². The molecule has 6 unspecified atom stereocenters. The van der Waals surface area contributed by atoms with E-state index in [2.05, 4.69) is 13.8 Å². The lowest BCUT2D eigenvalue weighted by Gasteiger charge is -2.52. The van der Waals surface area contributed by atoms with Gasteiger partial charge in [-0.15, -0.1) is 0 Å². The minimum Gasteiger partial charge on any atom is -0.0625 e. The summed E-state index contributed by atoms with van der Waals surface area (Å²) in [5, 5.41) is 0. The molecule has 0 aromatic heterocycles. The second-order valence-electron chi connectivity index (χ2n) is 7.17. The van der Waals surface area contributed by atoms with Gasteiger partial charge in [-0.05, 0) is 67.6 Å². The molecular weight excluding hydrogens is 192 g/mol. The summed E-state index contributed by atoms with van der Waals surface area (Å²) in [6.45, 7) is 5.03. The summed E-state index contributed by atoms with van der Waals surface area (Å²) in [4.78, 5) is 0. The molecule has 3 aliphatic rings. The summed E-state index contributed by atoms with van der Waals surface area (Å²) in [5.74, 6) is 6.56. The number of hydrogen-bond donors (Lipinski definition) is 0. The number of fused-ring (bicyclic) bond motifs is 3. The predicted molar refractivity (Wildman–Crippen MR) is 69.2 cm³/mol. The van der Waals surface area contributed by atoms with Crippen LogP contribution in [-0.4, -0.2) is 0 Å². The maximum Gasteiger partial charge on any atom is -0.0352 e. The second kappa shape index (κ2) is 4.35. The van der Waals surface area contributed by atoms with Crippen LogP contribution in [0.25, 0.3) is 0 Å². The Morgan fingerprint density at radius 2 is 1.44 bits per heavy atom. The summed E-state index contributed by atoms with van der Waals surface area (Å²) in [7, 11) is 0. The van der Waals surface area contributed by atoms with Crippen LogP contribution in [0.5, 0.6) is 0 Å². The molecule has 3 rings (SSSR count). The highest BCUT2D eigenvalue weighted by molar-refractivity contribution is 4.94. The van der Waals surface area contributed by atoms with Gasteiger partial charge in [0.1, 0.15) is 0 Å². The van der Waals surface area contributed by atoms with Gasteiger partial charge < -0.3 is 0 Å². The van der Waals surface area contributed by atoms with Crippen molar-refractivity contribution in [3.05, 3.63) is 0 Å². The highest BCUT2D eigenvalue weighted by Crippen LogP contribution is 2.54. The average Bonchev–Trinajstić information content (AvgIpc) is 2.29. The van der Waals surface area contributed by atoms with Gasteiger partial charge in [-0.2, -0.15) is 0 Å². The third-order valence-corrected chi connectivity index (χ3v) is 6.13. The van der Waals surface area contributed by atoms with Crippen molar-refractivity contribution in [3.8, 4) is 0 Å². The predicted octanol–water partition coefficient (Wildman–Crippen LogP) is 4.89. The Labute approximate surface area is 101 Å². The SMILES string of the molecule is CC1CCC2C(C1)CC(C)C1CCCCC12. The number of rotatable bonds is 0. The van der Waals surface area contributed by atoms with E-state index in [0.29, 0.717) is 0 Å². The van der Waals surface area contributed by atoms with Crippen molar-refractivity contribution in [1.82, 2.24) is 0 Å². The zero-order chi connectivity index (χ0) is 11.1. The van der Waals surface area contributed by atoms with Crippen LogP contribution >= 0.6 is 0 Å². The van der Waals surface area contributed by atoms with Gasteiger partial charge in [-0.1, -0.05) is 33.1 Å². The van der Waals surface area contributed by atoms with E-state index in [1.165, 1.54) is 19.3 Å². The minimum atomic E-state index is 1.02. The average molecular weight is 220 g/mol. The Balaban J connectivity index is 1.77. The Kier molecular flexibility index (Phi) is 3.02. The van der Waals surface area contributed by atoms with Crippen molar-refractivity contribution < 1.29 is 0 Å². The molecule has 0 aliphatic heterocycles. The van der Waals surface area contributed by atoms with Crippen LogP contribution in [0.4, 0.5) is 0 Å². The fourth-order valence-electron chi connectivity index (χ4n) is 5.44. The maximum atomic E-state index is 2.55. The first-order valence-corrected chi connectivity index (χ1v) is 7.75. The standard InChI is InChI=1S/C16H28/c1-11-7-8-15-13(9-11)10-12(2)14-5-3-4-6-16(14)15/h11-16H,3-10H2,1-2H3. The first kappa shape index (κ1) is 11.1. The minimum absolute atomic E-state index is 1.02. The zero-order valence-electron chi connectivity index (χ0n) is 11.1. The van der Waals surface area contributed by atoms with E-state index in [4.69, 9.17) is 0 Å². The van der Waals surface area contributed by atoms with Gasteiger partial charge in [-0.3, -0.25) is 0 Å². The fourth-order valence-corrected chi connectivity index (χ4v) is 5.44. The van der Waals surface area contributed by atoms with Gasteiger partial charge in [0, 0.05) is 0 Å². The summed E-state index contributed by atoms with van der Waals surface area (Å²) >= 11 is 0. The van der Waals surface area contributed by atoms with Crippen molar-refractivity contribution in [1.29, 1.82) is 0 Å². The van der Waals surface area contributed by atoms with Gasteiger partial charge in [0.25, 0.3) is 0 Å². The van der Waals surface area contributed by atoms with Crippen LogP contribution in [-0.2, 0) is 0 Å². The number of hydrogen-bond acceptors (Lipinski definition) is 0. The summed E-state index contributed by atoms with van der Waals surface area (Å²) in [6.07, 6.45) is 12.4. The molecule has 0 nitrogen and oxygen atoms in total. The van der Waals surface area contributed by atoms with E-state index in [-0.39, 0.29) is 0 Å². The molecule has 0 heteroatoms. The fraction of sp³-hybridized carbons (Fsp3) is 1.00. The largest absolute Gasteiger partial charge is 0.0625 e. The molecule has 3 saturated carbocycles. The Morgan fingerprint density at radius 1 is 0.688 bits per heavy atom. The second-order valence-corrected chi connectivity index (χ2v) is 7.17. The summed E-state index contributed by atoms with van der Waals surface area (Å²) in [5.41, 5.74) is 0. The molecule has 0 spiro atoms. The molecule has 0 bridgehead atoms. The maximum absolute atomic E-state index is 2.55. The van der Waals surface area contributed by atoms with E-state index in [1.807, 2.05) is 0 Å². The van der Waals surface area contributed by atoms with Crippen LogP contribution in [0.3, 0.4) is 0 Å². The molecule has 92 valence electrons. The molecule has 3 fully saturated rings.